The van der Waals surface area contributed by atoms with Crippen molar-refractivity contribution in [3.8, 4) is 6.07 Å². The van der Waals surface area contributed by atoms with Crippen molar-refractivity contribution in [1.29, 1.82) is 5.26 Å². The highest BCUT2D eigenvalue weighted by Crippen LogP contribution is 2.26. The Morgan fingerprint density at radius 3 is 2.87 bits per heavy atom. The third-order valence-corrected chi connectivity index (χ3v) is 5.79. The molecule has 148 valence electrons. The van der Waals surface area contributed by atoms with E-state index in [-0.39, 0.29) is 17.0 Å². The first kappa shape index (κ1) is 19.5. The lowest BCUT2D eigenvalue weighted by Crippen LogP contribution is -2.10. The van der Waals surface area contributed by atoms with Gasteiger partial charge in [-0.05, 0) is 37.1 Å². The lowest BCUT2D eigenvalue weighted by Gasteiger charge is -1.99. The number of rotatable bonds is 5. The van der Waals surface area contributed by atoms with Crippen LogP contribution in [0.25, 0.3) is 21.9 Å². The zero-order chi connectivity index (χ0) is 21.1. The topological polar surface area (TPSA) is 100 Å². The van der Waals surface area contributed by atoms with E-state index in [0.29, 0.717) is 22.5 Å². The Labute approximate surface area is 176 Å². The summed E-state index contributed by atoms with van der Waals surface area (Å²) in [6.07, 6.45) is 6.88. The van der Waals surface area contributed by atoms with Crippen LogP contribution in [0.15, 0.2) is 53.5 Å². The number of allylic oxidation sites excluding steroid dienone is 3. The van der Waals surface area contributed by atoms with E-state index in [1.807, 2.05) is 50.4 Å². The second-order valence-corrected chi connectivity index (χ2v) is 7.96. The number of thiophene rings is 1. The predicted octanol–water partition coefficient (Wildman–Crippen LogP) is 3.86. The molecule has 0 bridgehead atoms. The van der Waals surface area contributed by atoms with Crippen LogP contribution in [-0.4, -0.2) is 25.0 Å². The molecule has 0 saturated carbocycles. The van der Waals surface area contributed by atoms with Gasteiger partial charge in [0, 0.05) is 4.88 Å². The van der Waals surface area contributed by atoms with Crippen LogP contribution in [0.4, 0.5) is 0 Å². The largest absolute Gasteiger partial charge is 0.305 e. The molecule has 0 unspecified atom stereocenters. The molecule has 1 N–H and O–H groups in total. The highest BCUT2D eigenvalue weighted by atomic mass is 32.1. The predicted molar refractivity (Wildman–Crippen MR) is 118 cm³/mol. The Morgan fingerprint density at radius 2 is 2.10 bits per heavy atom. The molecule has 0 fully saturated rings. The summed E-state index contributed by atoms with van der Waals surface area (Å²) >= 11 is 1.45. The SMILES string of the molecule is Cc1sc2nc(/C(C#N)=C/C=C/c3cn(Cc4ccccc4)nn3)[nH]c(=O)c2c1C. The van der Waals surface area contributed by atoms with Crippen LogP contribution in [0.1, 0.15) is 27.5 Å². The number of H-pyrrole nitrogens is 1. The van der Waals surface area contributed by atoms with Crippen molar-refractivity contribution in [2.45, 2.75) is 20.4 Å². The number of nitriles is 1. The highest BCUT2D eigenvalue weighted by molar-refractivity contribution is 7.18. The number of hydrogen-bond acceptors (Lipinski definition) is 6. The summed E-state index contributed by atoms with van der Waals surface area (Å²) in [5.41, 5.74) is 2.77. The summed E-state index contributed by atoms with van der Waals surface area (Å²) in [5, 5.41) is 18.3. The van der Waals surface area contributed by atoms with Crippen molar-refractivity contribution >= 4 is 33.2 Å². The van der Waals surface area contributed by atoms with Gasteiger partial charge in [-0.25, -0.2) is 9.67 Å². The molecule has 0 saturated heterocycles. The molecule has 0 aliphatic rings. The fourth-order valence-corrected chi connectivity index (χ4v) is 4.06. The van der Waals surface area contributed by atoms with Gasteiger partial charge >= 0.3 is 0 Å². The number of nitrogens with one attached hydrogen (secondary N) is 1. The van der Waals surface area contributed by atoms with E-state index in [1.54, 1.807) is 22.9 Å². The molecule has 1 aromatic carbocycles. The number of fused-ring (bicyclic) bond motifs is 1. The zero-order valence-corrected chi connectivity index (χ0v) is 17.3. The van der Waals surface area contributed by atoms with E-state index in [1.165, 1.54) is 11.3 Å². The van der Waals surface area contributed by atoms with E-state index in [9.17, 15) is 10.1 Å². The summed E-state index contributed by atoms with van der Waals surface area (Å²) in [6, 6.07) is 12.1. The van der Waals surface area contributed by atoms with Crippen LogP contribution in [-0.2, 0) is 6.54 Å². The molecular formula is C22H18N6OS. The fraction of sp³-hybridized carbons (Fsp3) is 0.136. The van der Waals surface area contributed by atoms with Crippen LogP contribution in [0.2, 0.25) is 0 Å². The normalized spacial score (nSPS) is 12.0. The molecule has 0 aliphatic heterocycles. The van der Waals surface area contributed by atoms with Gasteiger partial charge in [-0.2, -0.15) is 5.26 Å². The van der Waals surface area contributed by atoms with Crippen molar-refractivity contribution < 1.29 is 0 Å². The average Bonchev–Trinajstić information content (AvgIpc) is 3.30. The smallest absolute Gasteiger partial charge is 0.260 e. The van der Waals surface area contributed by atoms with Gasteiger partial charge < -0.3 is 4.98 Å². The lowest BCUT2D eigenvalue weighted by molar-refractivity contribution is 0.649. The van der Waals surface area contributed by atoms with E-state index in [2.05, 4.69) is 26.3 Å². The van der Waals surface area contributed by atoms with E-state index in [4.69, 9.17) is 0 Å². The third-order valence-electron chi connectivity index (χ3n) is 4.69. The van der Waals surface area contributed by atoms with Gasteiger partial charge in [0.2, 0.25) is 0 Å². The number of aromatic nitrogens is 5. The molecule has 0 atom stereocenters. The number of hydrogen-bond donors (Lipinski definition) is 1. The Hall–Kier alpha value is -3.83. The maximum Gasteiger partial charge on any atom is 0.260 e. The summed E-state index contributed by atoms with van der Waals surface area (Å²) in [4.78, 5) is 21.3. The molecule has 7 nitrogen and oxygen atoms in total. The molecular weight excluding hydrogens is 396 g/mol. The molecule has 0 spiro atoms. The minimum atomic E-state index is -0.231. The third kappa shape index (κ3) is 3.97. The Bertz CT molecular complexity index is 1370. The molecule has 0 radical (unpaired) electrons. The second-order valence-electron chi connectivity index (χ2n) is 6.76. The lowest BCUT2D eigenvalue weighted by atomic mass is 10.2. The van der Waals surface area contributed by atoms with Crippen molar-refractivity contribution in [2.24, 2.45) is 0 Å². The summed E-state index contributed by atoms with van der Waals surface area (Å²) in [6.45, 7) is 4.49. The van der Waals surface area contributed by atoms with Gasteiger partial charge in [0.15, 0.2) is 5.82 Å². The van der Waals surface area contributed by atoms with E-state index < -0.39 is 0 Å². The zero-order valence-electron chi connectivity index (χ0n) is 16.5. The van der Waals surface area contributed by atoms with Gasteiger partial charge in [0.25, 0.3) is 5.56 Å². The van der Waals surface area contributed by atoms with Crippen LogP contribution in [0.5, 0.6) is 0 Å². The van der Waals surface area contributed by atoms with Crippen molar-refractivity contribution in [1.82, 2.24) is 25.0 Å². The summed E-state index contributed by atoms with van der Waals surface area (Å²) in [7, 11) is 0. The number of aromatic amines is 1. The highest BCUT2D eigenvalue weighted by Gasteiger charge is 2.13. The minimum Gasteiger partial charge on any atom is -0.305 e. The molecule has 0 amide bonds. The van der Waals surface area contributed by atoms with Crippen molar-refractivity contribution in [3.63, 3.8) is 0 Å². The standard InChI is InChI=1S/C22H18N6OS/c1-14-15(2)30-22-19(14)21(29)24-20(25-22)17(11-23)9-6-10-18-13-28(27-26-18)12-16-7-4-3-5-8-16/h3-10,13H,12H2,1-2H3,(H,24,25,29)/b10-6+,17-9+. The summed E-state index contributed by atoms with van der Waals surface area (Å²) < 4.78 is 1.75. The molecule has 8 heteroatoms. The van der Waals surface area contributed by atoms with Gasteiger partial charge in [0.1, 0.15) is 16.6 Å². The van der Waals surface area contributed by atoms with E-state index in [0.717, 1.165) is 16.0 Å². The van der Waals surface area contributed by atoms with Crippen LogP contribution >= 0.6 is 11.3 Å². The van der Waals surface area contributed by atoms with E-state index >= 15 is 0 Å². The van der Waals surface area contributed by atoms with Crippen molar-refractivity contribution in [2.75, 3.05) is 0 Å². The van der Waals surface area contributed by atoms with Crippen LogP contribution in [0, 0.1) is 25.2 Å². The first-order valence-electron chi connectivity index (χ1n) is 9.28. The molecule has 4 rings (SSSR count). The first-order chi connectivity index (χ1) is 14.5. The first-order valence-corrected chi connectivity index (χ1v) is 10.1. The molecule has 0 aliphatic carbocycles. The van der Waals surface area contributed by atoms with Gasteiger partial charge in [-0.1, -0.05) is 41.6 Å². The Balaban J connectivity index is 1.55. The van der Waals surface area contributed by atoms with Crippen LogP contribution in [0.3, 0.4) is 0 Å². The molecule has 3 heterocycles. The maximum absolute atomic E-state index is 12.4. The Kier molecular flexibility index (Phi) is 5.37. The van der Waals surface area contributed by atoms with Gasteiger partial charge in [-0.15, -0.1) is 16.4 Å². The number of nitrogens with zero attached hydrogens (tertiary/aromatic N) is 5. The Morgan fingerprint density at radius 1 is 1.30 bits per heavy atom. The van der Waals surface area contributed by atoms with Gasteiger partial charge in [-0.3, -0.25) is 4.79 Å². The quantitative estimate of drug-likeness (QED) is 0.395. The summed E-state index contributed by atoms with van der Waals surface area (Å²) in [5.74, 6) is 0.258. The number of benzene rings is 1. The minimum absolute atomic E-state index is 0.231. The second kappa shape index (κ2) is 8.27. The monoisotopic (exact) mass is 414 g/mol. The average molecular weight is 414 g/mol. The number of aryl methyl sites for hydroxylation is 2. The fourth-order valence-electron chi connectivity index (χ4n) is 3.03. The van der Waals surface area contributed by atoms with Gasteiger partial charge in [0.05, 0.1) is 23.7 Å². The maximum atomic E-state index is 12.4. The molecule has 30 heavy (non-hydrogen) atoms. The van der Waals surface area contributed by atoms with Crippen LogP contribution < -0.4 is 5.56 Å². The molecule has 4 aromatic rings. The molecule has 3 aromatic heterocycles. The van der Waals surface area contributed by atoms with Crippen molar-refractivity contribution in [3.05, 3.63) is 86.6 Å².